The molecule has 2 saturated heterocycles. The SMILES string of the molecule is CO[C@H](C(=O)N1CCC[C@@H]2CN(C(=O)COc3ccccc3)CC[C@@H]21)c1ccccc1. The van der Waals surface area contributed by atoms with E-state index in [1.54, 1.807) is 7.11 Å². The van der Waals surface area contributed by atoms with Gasteiger partial charge in [-0.05, 0) is 42.9 Å². The van der Waals surface area contributed by atoms with Crippen LogP contribution in [-0.2, 0) is 14.3 Å². The van der Waals surface area contributed by atoms with Crippen LogP contribution in [0.25, 0.3) is 0 Å². The van der Waals surface area contributed by atoms with E-state index < -0.39 is 6.10 Å². The average molecular weight is 423 g/mol. The number of rotatable bonds is 6. The molecule has 0 N–H and O–H groups in total. The predicted molar refractivity (Wildman–Crippen MR) is 118 cm³/mol. The minimum Gasteiger partial charge on any atom is -0.484 e. The number of benzene rings is 2. The molecule has 164 valence electrons. The van der Waals surface area contributed by atoms with E-state index in [2.05, 4.69) is 0 Å². The third-order valence-electron chi connectivity index (χ3n) is 6.37. The molecular weight excluding hydrogens is 392 g/mol. The first-order chi connectivity index (χ1) is 15.2. The van der Waals surface area contributed by atoms with Gasteiger partial charge in [-0.2, -0.15) is 0 Å². The van der Waals surface area contributed by atoms with Gasteiger partial charge in [0.2, 0.25) is 0 Å². The molecule has 2 fully saturated rings. The smallest absolute Gasteiger partial charge is 0.260 e. The van der Waals surface area contributed by atoms with Gasteiger partial charge in [-0.15, -0.1) is 0 Å². The number of carbonyl (C=O) groups excluding carboxylic acids is 2. The van der Waals surface area contributed by atoms with Crippen LogP contribution in [0.1, 0.15) is 30.9 Å². The molecule has 2 heterocycles. The third kappa shape index (κ3) is 4.90. The Bertz CT molecular complexity index is 874. The summed E-state index contributed by atoms with van der Waals surface area (Å²) in [5, 5.41) is 0. The van der Waals surface area contributed by atoms with Crippen molar-refractivity contribution < 1.29 is 19.1 Å². The van der Waals surface area contributed by atoms with Crippen molar-refractivity contribution in [3.63, 3.8) is 0 Å². The van der Waals surface area contributed by atoms with Crippen molar-refractivity contribution >= 4 is 11.8 Å². The Morgan fingerprint density at radius 1 is 1.00 bits per heavy atom. The van der Waals surface area contributed by atoms with Gasteiger partial charge in [-0.1, -0.05) is 48.5 Å². The number of fused-ring (bicyclic) bond motifs is 1. The van der Waals surface area contributed by atoms with E-state index in [1.807, 2.05) is 70.5 Å². The summed E-state index contributed by atoms with van der Waals surface area (Å²) in [7, 11) is 1.59. The molecule has 0 bridgehead atoms. The lowest BCUT2D eigenvalue weighted by atomic mass is 9.83. The van der Waals surface area contributed by atoms with E-state index in [-0.39, 0.29) is 24.5 Å². The Kier molecular flexibility index (Phi) is 6.87. The van der Waals surface area contributed by atoms with Gasteiger partial charge in [0, 0.05) is 32.8 Å². The molecule has 0 unspecified atom stereocenters. The summed E-state index contributed by atoms with van der Waals surface area (Å²) in [5.74, 6) is 1.02. The summed E-state index contributed by atoms with van der Waals surface area (Å²) in [6.07, 6.45) is 2.18. The van der Waals surface area contributed by atoms with Crippen molar-refractivity contribution in [2.24, 2.45) is 5.92 Å². The molecule has 0 spiro atoms. The Balaban J connectivity index is 1.37. The highest BCUT2D eigenvalue weighted by atomic mass is 16.5. The zero-order chi connectivity index (χ0) is 21.6. The molecule has 6 heteroatoms. The van der Waals surface area contributed by atoms with Crippen molar-refractivity contribution in [3.05, 3.63) is 66.2 Å². The highest BCUT2D eigenvalue weighted by molar-refractivity contribution is 5.83. The highest BCUT2D eigenvalue weighted by Gasteiger charge is 2.41. The molecule has 3 atom stereocenters. The van der Waals surface area contributed by atoms with Gasteiger partial charge >= 0.3 is 0 Å². The number of amides is 2. The zero-order valence-electron chi connectivity index (χ0n) is 18.0. The second-order valence-electron chi connectivity index (χ2n) is 8.26. The minimum atomic E-state index is -0.584. The molecule has 0 aromatic heterocycles. The number of hydrogen-bond acceptors (Lipinski definition) is 4. The van der Waals surface area contributed by atoms with Crippen LogP contribution in [0.15, 0.2) is 60.7 Å². The van der Waals surface area contributed by atoms with E-state index in [0.29, 0.717) is 24.8 Å². The summed E-state index contributed by atoms with van der Waals surface area (Å²) in [4.78, 5) is 30.0. The molecule has 2 aromatic rings. The Hall–Kier alpha value is -2.86. The molecule has 0 radical (unpaired) electrons. The minimum absolute atomic E-state index is 0.00445. The van der Waals surface area contributed by atoms with Gasteiger partial charge in [-0.25, -0.2) is 0 Å². The van der Waals surface area contributed by atoms with Gasteiger partial charge in [0.1, 0.15) is 5.75 Å². The molecular formula is C25H30N2O4. The summed E-state index contributed by atoms with van der Waals surface area (Å²) in [5.41, 5.74) is 0.878. The van der Waals surface area contributed by atoms with Crippen LogP contribution < -0.4 is 4.74 Å². The van der Waals surface area contributed by atoms with Gasteiger partial charge in [-0.3, -0.25) is 9.59 Å². The molecule has 2 aliphatic heterocycles. The van der Waals surface area contributed by atoms with E-state index in [1.165, 1.54) is 0 Å². The Labute approximate surface area is 183 Å². The summed E-state index contributed by atoms with van der Waals surface area (Å²) in [6, 6.07) is 19.2. The van der Waals surface area contributed by atoms with Crippen molar-refractivity contribution in [1.29, 1.82) is 0 Å². The number of ether oxygens (including phenoxy) is 2. The normalized spacial score (nSPS) is 21.8. The van der Waals surface area contributed by atoms with Gasteiger partial charge < -0.3 is 19.3 Å². The van der Waals surface area contributed by atoms with E-state index in [9.17, 15) is 9.59 Å². The lowest BCUT2D eigenvalue weighted by molar-refractivity contribution is -0.151. The number of para-hydroxylation sites is 1. The van der Waals surface area contributed by atoms with Gasteiger partial charge in [0.15, 0.2) is 12.7 Å². The first kappa shape index (κ1) is 21.4. The summed E-state index contributed by atoms with van der Waals surface area (Å²) < 4.78 is 11.2. The second-order valence-corrected chi connectivity index (χ2v) is 8.26. The molecule has 2 aromatic carbocycles. The molecule has 31 heavy (non-hydrogen) atoms. The van der Waals surface area contributed by atoms with Crippen LogP contribution in [0.2, 0.25) is 0 Å². The Morgan fingerprint density at radius 3 is 2.42 bits per heavy atom. The largest absolute Gasteiger partial charge is 0.484 e. The van der Waals surface area contributed by atoms with Crippen LogP contribution in [0, 0.1) is 5.92 Å². The maximum absolute atomic E-state index is 13.4. The summed E-state index contributed by atoms with van der Waals surface area (Å²) in [6.45, 7) is 2.11. The summed E-state index contributed by atoms with van der Waals surface area (Å²) >= 11 is 0. The van der Waals surface area contributed by atoms with Crippen molar-refractivity contribution in [3.8, 4) is 5.75 Å². The monoisotopic (exact) mass is 422 g/mol. The predicted octanol–water partition coefficient (Wildman–Crippen LogP) is 3.29. The Morgan fingerprint density at radius 2 is 1.71 bits per heavy atom. The standard InChI is InChI=1S/C25H30N2O4/c1-30-24(19-9-4-2-5-10-19)25(29)27-15-8-11-20-17-26(16-14-22(20)27)23(28)18-31-21-12-6-3-7-13-21/h2-7,9-10,12-13,20,22,24H,8,11,14-18H2,1H3/t20-,22+,24+/m1/s1. The van der Waals surface area contributed by atoms with E-state index in [4.69, 9.17) is 9.47 Å². The quantitative estimate of drug-likeness (QED) is 0.717. The molecule has 2 aliphatic rings. The lowest BCUT2D eigenvalue weighted by Gasteiger charge is -2.47. The maximum Gasteiger partial charge on any atom is 0.260 e. The van der Waals surface area contributed by atoms with Crippen LogP contribution >= 0.6 is 0 Å². The van der Waals surface area contributed by atoms with Crippen LogP contribution in [-0.4, -0.2) is 61.0 Å². The maximum atomic E-state index is 13.4. The topological polar surface area (TPSA) is 59.1 Å². The number of nitrogens with zero attached hydrogens (tertiary/aromatic N) is 2. The van der Waals surface area contributed by atoms with Crippen LogP contribution in [0.4, 0.5) is 0 Å². The molecule has 0 saturated carbocycles. The zero-order valence-corrected chi connectivity index (χ0v) is 18.0. The fourth-order valence-corrected chi connectivity index (χ4v) is 4.81. The fourth-order valence-electron chi connectivity index (χ4n) is 4.81. The number of carbonyl (C=O) groups is 2. The first-order valence-corrected chi connectivity index (χ1v) is 11.0. The van der Waals surface area contributed by atoms with Crippen LogP contribution in [0.3, 0.4) is 0 Å². The third-order valence-corrected chi connectivity index (χ3v) is 6.37. The number of likely N-dealkylation sites (tertiary alicyclic amines) is 2. The van der Waals surface area contributed by atoms with Gasteiger partial charge in [0.05, 0.1) is 0 Å². The van der Waals surface area contributed by atoms with E-state index >= 15 is 0 Å². The number of piperidine rings is 2. The first-order valence-electron chi connectivity index (χ1n) is 11.0. The van der Waals surface area contributed by atoms with E-state index in [0.717, 1.165) is 31.4 Å². The molecule has 6 nitrogen and oxygen atoms in total. The fraction of sp³-hybridized carbons (Fsp3) is 0.440. The van der Waals surface area contributed by atoms with Gasteiger partial charge in [0.25, 0.3) is 11.8 Å². The average Bonchev–Trinajstić information content (AvgIpc) is 2.83. The van der Waals surface area contributed by atoms with Crippen molar-refractivity contribution in [1.82, 2.24) is 9.80 Å². The number of methoxy groups -OCH3 is 1. The molecule has 4 rings (SSSR count). The number of hydrogen-bond donors (Lipinski definition) is 0. The van der Waals surface area contributed by atoms with Crippen molar-refractivity contribution in [2.75, 3.05) is 33.4 Å². The second kappa shape index (κ2) is 9.96. The van der Waals surface area contributed by atoms with Crippen LogP contribution in [0.5, 0.6) is 5.75 Å². The van der Waals surface area contributed by atoms with Crippen molar-refractivity contribution in [2.45, 2.75) is 31.4 Å². The highest BCUT2D eigenvalue weighted by Crippen LogP contribution is 2.33. The lowest BCUT2D eigenvalue weighted by Crippen LogP contribution is -2.58. The molecule has 0 aliphatic carbocycles. The molecule has 2 amide bonds.